The highest BCUT2D eigenvalue weighted by molar-refractivity contribution is 6.16. The molecule has 0 N–H and O–H groups in total. The lowest BCUT2D eigenvalue weighted by atomic mass is 10.0. The number of unbranched alkanes of at least 4 members (excludes halogenated alkanes) is 4. The molecule has 0 aromatic heterocycles. The third-order valence-electron chi connectivity index (χ3n) is 3.23. The zero-order valence-electron chi connectivity index (χ0n) is 11.1. The van der Waals surface area contributed by atoms with Crippen molar-refractivity contribution in [1.82, 2.24) is 0 Å². The van der Waals surface area contributed by atoms with Crippen LogP contribution in [0.15, 0.2) is 24.3 Å². The Balaban J connectivity index is 2.04. The van der Waals surface area contributed by atoms with Gasteiger partial charge in [-0.25, -0.2) is 9.59 Å². The van der Waals surface area contributed by atoms with Crippen molar-refractivity contribution in [3.63, 3.8) is 0 Å². The van der Waals surface area contributed by atoms with Gasteiger partial charge in [0.05, 0.1) is 11.1 Å². The second kappa shape index (κ2) is 6.32. The molecule has 0 unspecified atom stereocenters. The number of fused-ring (bicyclic) bond motifs is 1. The number of rotatable bonds is 6. The number of hydrogen-bond donors (Lipinski definition) is 0. The average molecular weight is 258 g/mol. The Morgan fingerprint density at radius 1 is 1.11 bits per heavy atom. The molecule has 0 amide bonds. The van der Waals surface area contributed by atoms with Gasteiger partial charge < -0.3 is 4.74 Å². The fourth-order valence-electron chi connectivity index (χ4n) is 2.20. The molecule has 1 aromatic carbocycles. The Kier molecular flexibility index (Phi) is 4.50. The van der Waals surface area contributed by atoms with E-state index in [1.54, 1.807) is 12.1 Å². The molecule has 1 aliphatic rings. The summed E-state index contributed by atoms with van der Waals surface area (Å²) in [6.07, 6.45) is 9.83. The lowest BCUT2D eigenvalue weighted by molar-refractivity contribution is 0.0444. The van der Waals surface area contributed by atoms with Crippen LogP contribution in [0.25, 0.3) is 6.08 Å². The highest BCUT2D eigenvalue weighted by Gasteiger charge is 2.31. The van der Waals surface area contributed by atoms with Gasteiger partial charge in [0, 0.05) is 0 Å². The van der Waals surface area contributed by atoms with Gasteiger partial charge in [-0.3, -0.25) is 0 Å². The van der Waals surface area contributed by atoms with Gasteiger partial charge >= 0.3 is 11.9 Å². The summed E-state index contributed by atoms with van der Waals surface area (Å²) in [6, 6.07) is 5.23. The van der Waals surface area contributed by atoms with E-state index >= 15 is 0 Å². The zero-order chi connectivity index (χ0) is 13.7. The third-order valence-corrected chi connectivity index (χ3v) is 3.23. The molecule has 100 valence electrons. The van der Waals surface area contributed by atoms with E-state index in [-0.39, 0.29) is 0 Å². The summed E-state index contributed by atoms with van der Waals surface area (Å²) in [6.45, 7) is 2.19. The number of carbonyl (C=O) groups is 2. The Labute approximate surface area is 113 Å². The molecular weight excluding hydrogens is 240 g/mol. The first kappa shape index (κ1) is 13.5. The van der Waals surface area contributed by atoms with Crippen molar-refractivity contribution in [2.75, 3.05) is 0 Å². The molecule has 0 saturated heterocycles. The molecule has 0 aliphatic carbocycles. The highest BCUT2D eigenvalue weighted by Crippen LogP contribution is 2.24. The molecule has 0 bridgehead atoms. The molecule has 0 spiro atoms. The summed E-state index contributed by atoms with van der Waals surface area (Å²) in [5, 5.41) is 0. The Morgan fingerprint density at radius 3 is 2.74 bits per heavy atom. The number of allylic oxidation sites excluding steroid dienone is 1. The standard InChI is InChI=1S/C16H18O3/c1-2-3-4-5-6-7-9-12-10-8-11-13-14(12)16(18)19-15(13)17/h7-11H,2-6H2,1H3/b9-7+. The van der Waals surface area contributed by atoms with E-state index in [4.69, 9.17) is 0 Å². The second-order valence-electron chi connectivity index (χ2n) is 4.70. The summed E-state index contributed by atoms with van der Waals surface area (Å²) >= 11 is 0. The average Bonchev–Trinajstić information content (AvgIpc) is 2.70. The van der Waals surface area contributed by atoms with Crippen molar-refractivity contribution in [3.05, 3.63) is 41.0 Å². The molecule has 0 fully saturated rings. The molecule has 0 radical (unpaired) electrons. The first-order chi connectivity index (χ1) is 9.24. The van der Waals surface area contributed by atoms with Gasteiger partial charge in [-0.15, -0.1) is 0 Å². The lowest BCUT2D eigenvalue weighted by Gasteiger charge is -1.99. The number of benzene rings is 1. The molecular formula is C16H18O3. The smallest absolute Gasteiger partial charge is 0.347 e. The predicted octanol–water partition coefficient (Wildman–Crippen LogP) is 3.98. The maximum absolute atomic E-state index is 11.6. The van der Waals surface area contributed by atoms with Crippen LogP contribution in [0, 0.1) is 0 Å². The summed E-state index contributed by atoms with van der Waals surface area (Å²) in [4.78, 5) is 23.0. The SMILES string of the molecule is CCCCCC/C=C/c1cccc2c1C(=O)OC2=O. The number of cyclic esters (lactones) is 2. The van der Waals surface area contributed by atoms with Crippen molar-refractivity contribution >= 4 is 18.0 Å². The lowest BCUT2D eigenvalue weighted by Crippen LogP contribution is -1.98. The van der Waals surface area contributed by atoms with Crippen molar-refractivity contribution in [3.8, 4) is 0 Å². The van der Waals surface area contributed by atoms with Crippen LogP contribution < -0.4 is 0 Å². The van der Waals surface area contributed by atoms with Crippen LogP contribution in [-0.2, 0) is 4.74 Å². The second-order valence-corrected chi connectivity index (χ2v) is 4.70. The van der Waals surface area contributed by atoms with Crippen molar-refractivity contribution < 1.29 is 14.3 Å². The van der Waals surface area contributed by atoms with Crippen molar-refractivity contribution in [2.45, 2.75) is 39.0 Å². The minimum absolute atomic E-state index is 0.373. The molecule has 1 aromatic rings. The maximum Gasteiger partial charge on any atom is 0.347 e. The number of ether oxygens (including phenoxy) is 1. The van der Waals surface area contributed by atoms with E-state index in [1.807, 2.05) is 12.1 Å². The van der Waals surface area contributed by atoms with Crippen LogP contribution in [0.4, 0.5) is 0 Å². The van der Waals surface area contributed by atoms with Crippen LogP contribution >= 0.6 is 0 Å². The molecule has 3 nitrogen and oxygen atoms in total. The number of hydrogen-bond acceptors (Lipinski definition) is 3. The summed E-state index contributed by atoms with van der Waals surface area (Å²) < 4.78 is 4.62. The van der Waals surface area contributed by atoms with Gasteiger partial charge in [-0.2, -0.15) is 0 Å². The summed E-state index contributed by atoms with van der Waals surface area (Å²) in [5.74, 6) is -1.08. The van der Waals surface area contributed by atoms with Crippen LogP contribution in [0.5, 0.6) is 0 Å². The van der Waals surface area contributed by atoms with Crippen molar-refractivity contribution in [2.24, 2.45) is 0 Å². The normalized spacial score (nSPS) is 13.9. The van der Waals surface area contributed by atoms with Gasteiger partial charge in [-0.1, -0.05) is 50.5 Å². The maximum atomic E-state index is 11.6. The van der Waals surface area contributed by atoms with E-state index in [0.29, 0.717) is 11.1 Å². The van der Waals surface area contributed by atoms with E-state index in [2.05, 4.69) is 17.7 Å². The minimum atomic E-state index is -0.543. The molecule has 0 saturated carbocycles. The van der Waals surface area contributed by atoms with Gasteiger partial charge in [0.1, 0.15) is 0 Å². The van der Waals surface area contributed by atoms with E-state index in [9.17, 15) is 9.59 Å². The summed E-state index contributed by atoms with van der Waals surface area (Å²) in [5.41, 5.74) is 1.54. The largest absolute Gasteiger partial charge is 0.386 e. The topological polar surface area (TPSA) is 43.4 Å². The Hall–Kier alpha value is -1.90. The highest BCUT2D eigenvalue weighted by atomic mass is 16.6. The molecule has 19 heavy (non-hydrogen) atoms. The number of esters is 2. The zero-order valence-corrected chi connectivity index (χ0v) is 11.1. The van der Waals surface area contributed by atoms with Gasteiger partial charge in [0.15, 0.2) is 0 Å². The molecule has 2 rings (SSSR count). The van der Waals surface area contributed by atoms with Crippen molar-refractivity contribution in [1.29, 1.82) is 0 Å². The molecule has 1 heterocycles. The first-order valence-corrected chi connectivity index (χ1v) is 6.80. The van der Waals surface area contributed by atoms with Gasteiger partial charge in [-0.05, 0) is 24.5 Å². The predicted molar refractivity (Wildman–Crippen MR) is 74.0 cm³/mol. The first-order valence-electron chi connectivity index (χ1n) is 6.80. The quantitative estimate of drug-likeness (QED) is 0.440. The van der Waals surface area contributed by atoms with Crippen LogP contribution in [0.3, 0.4) is 0 Å². The summed E-state index contributed by atoms with van der Waals surface area (Å²) in [7, 11) is 0. The minimum Gasteiger partial charge on any atom is -0.386 e. The van der Waals surface area contributed by atoms with E-state index in [1.165, 1.54) is 19.3 Å². The van der Waals surface area contributed by atoms with E-state index in [0.717, 1.165) is 18.4 Å². The fourth-order valence-corrected chi connectivity index (χ4v) is 2.20. The Morgan fingerprint density at radius 2 is 1.95 bits per heavy atom. The molecule has 3 heteroatoms. The third kappa shape index (κ3) is 3.11. The molecule has 1 aliphatic heterocycles. The van der Waals surface area contributed by atoms with Crippen LogP contribution in [0.1, 0.15) is 65.3 Å². The van der Waals surface area contributed by atoms with Crippen LogP contribution in [0.2, 0.25) is 0 Å². The van der Waals surface area contributed by atoms with Gasteiger partial charge in [0.2, 0.25) is 0 Å². The monoisotopic (exact) mass is 258 g/mol. The fraction of sp³-hybridized carbons (Fsp3) is 0.375. The van der Waals surface area contributed by atoms with E-state index < -0.39 is 11.9 Å². The Bertz CT molecular complexity index is 515. The van der Waals surface area contributed by atoms with Crippen LogP contribution in [-0.4, -0.2) is 11.9 Å². The molecule has 0 atom stereocenters. The van der Waals surface area contributed by atoms with Gasteiger partial charge in [0.25, 0.3) is 0 Å². The number of carbonyl (C=O) groups excluding carboxylic acids is 2.